The Hall–Kier alpha value is -2.11. The molecule has 1 aliphatic carbocycles. The van der Waals surface area contributed by atoms with E-state index in [-0.39, 0.29) is 11.9 Å². The number of carbonyl (C=O) groups excluding carboxylic acids is 1. The molecule has 6 nitrogen and oxygen atoms in total. The van der Waals surface area contributed by atoms with Crippen LogP contribution >= 0.6 is 0 Å². The number of nitrogens with one attached hydrogen (secondary N) is 2. The van der Waals surface area contributed by atoms with Crippen LogP contribution in [-0.4, -0.2) is 32.4 Å². The lowest BCUT2D eigenvalue weighted by molar-refractivity contribution is -0.121. The maximum Gasteiger partial charge on any atom is 0.220 e. The number of nitrogens with zero attached hydrogens (tertiary/aromatic N) is 3. The number of aromatic amines is 1. The van der Waals surface area contributed by atoms with E-state index in [4.69, 9.17) is 0 Å². The van der Waals surface area contributed by atoms with Crippen LogP contribution in [-0.2, 0) is 24.1 Å². The molecule has 2 aromatic heterocycles. The third kappa shape index (κ3) is 3.68. The Morgan fingerprint density at radius 3 is 2.92 bits per heavy atom. The van der Waals surface area contributed by atoms with Crippen LogP contribution in [0.25, 0.3) is 0 Å². The Kier molecular flexibility index (Phi) is 5.02. The molecule has 0 spiro atoms. The van der Waals surface area contributed by atoms with Gasteiger partial charge in [0.1, 0.15) is 0 Å². The maximum absolute atomic E-state index is 12.2. The molecule has 0 radical (unpaired) electrons. The summed E-state index contributed by atoms with van der Waals surface area (Å²) < 4.78 is 1.97. The first-order valence-corrected chi connectivity index (χ1v) is 8.89. The van der Waals surface area contributed by atoms with Crippen molar-refractivity contribution in [3.63, 3.8) is 0 Å². The molecule has 0 aromatic carbocycles. The zero-order valence-corrected chi connectivity index (χ0v) is 14.9. The molecular formula is C18H27N5O. The molecule has 24 heavy (non-hydrogen) atoms. The van der Waals surface area contributed by atoms with Crippen molar-refractivity contribution in [3.8, 4) is 0 Å². The van der Waals surface area contributed by atoms with Gasteiger partial charge in [0, 0.05) is 30.8 Å². The number of hydrogen-bond acceptors (Lipinski definition) is 3. The second-order valence-corrected chi connectivity index (χ2v) is 6.86. The quantitative estimate of drug-likeness (QED) is 0.854. The molecule has 0 unspecified atom stereocenters. The van der Waals surface area contributed by atoms with E-state index in [1.807, 2.05) is 18.5 Å². The number of rotatable bonds is 6. The van der Waals surface area contributed by atoms with Gasteiger partial charge in [-0.2, -0.15) is 10.2 Å². The minimum atomic E-state index is 0.0796. The molecule has 2 heterocycles. The second kappa shape index (κ2) is 7.20. The number of hydrogen-bond donors (Lipinski definition) is 2. The van der Waals surface area contributed by atoms with Crippen molar-refractivity contribution in [2.75, 3.05) is 6.54 Å². The van der Waals surface area contributed by atoms with E-state index in [0.29, 0.717) is 19.4 Å². The minimum absolute atomic E-state index is 0.0796. The van der Waals surface area contributed by atoms with Crippen LogP contribution in [0.15, 0.2) is 6.07 Å². The Morgan fingerprint density at radius 1 is 1.38 bits per heavy atom. The van der Waals surface area contributed by atoms with Gasteiger partial charge in [-0.1, -0.05) is 0 Å². The third-order valence-corrected chi connectivity index (χ3v) is 4.79. The van der Waals surface area contributed by atoms with Gasteiger partial charge in [0.05, 0.1) is 17.4 Å². The SMILES string of the molecule is Cc1cc(C)n([C@H](C)CNC(=O)CCc2n[nH]c3c2CCCC3)n1. The molecule has 0 bridgehead atoms. The normalized spacial score (nSPS) is 15.1. The molecule has 0 fully saturated rings. The first-order chi connectivity index (χ1) is 11.5. The van der Waals surface area contributed by atoms with E-state index in [2.05, 4.69) is 33.6 Å². The molecule has 0 aliphatic heterocycles. The summed E-state index contributed by atoms with van der Waals surface area (Å²) in [5, 5.41) is 15.0. The maximum atomic E-state index is 12.2. The van der Waals surface area contributed by atoms with Gasteiger partial charge in [0.2, 0.25) is 5.91 Å². The molecule has 1 atom stereocenters. The first kappa shape index (κ1) is 16.7. The van der Waals surface area contributed by atoms with E-state index in [0.717, 1.165) is 29.9 Å². The number of carbonyl (C=O) groups is 1. The molecule has 0 saturated carbocycles. The van der Waals surface area contributed by atoms with Crippen LogP contribution in [0.1, 0.15) is 60.6 Å². The lowest BCUT2D eigenvalue weighted by atomic mass is 9.94. The first-order valence-electron chi connectivity index (χ1n) is 8.89. The topological polar surface area (TPSA) is 75.6 Å². The fraction of sp³-hybridized carbons (Fsp3) is 0.611. The van der Waals surface area contributed by atoms with Gasteiger partial charge >= 0.3 is 0 Å². The van der Waals surface area contributed by atoms with Gasteiger partial charge in [0.25, 0.3) is 0 Å². The van der Waals surface area contributed by atoms with Gasteiger partial charge in [-0.15, -0.1) is 0 Å². The monoisotopic (exact) mass is 329 g/mol. The van der Waals surface area contributed by atoms with E-state index < -0.39 is 0 Å². The van der Waals surface area contributed by atoms with E-state index >= 15 is 0 Å². The average Bonchev–Trinajstić information content (AvgIpc) is 3.13. The van der Waals surface area contributed by atoms with Crippen LogP contribution in [0, 0.1) is 13.8 Å². The highest BCUT2D eigenvalue weighted by Gasteiger charge is 2.17. The highest BCUT2D eigenvalue weighted by molar-refractivity contribution is 5.76. The molecule has 0 saturated heterocycles. The smallest absolute Gasteiger partial charge is 0.220 e. The zero-order valence-electron chi connectivity index (χ0n) is 14.9. The predicted octanol–water partition coefficient (Wildman–Crippen LogP) is 2.41. The van der Waals surface area contributed by atoms with Crippen LogP contribution < -0.4 is 5.32 Å². The molecule has 6 heteroatoms. The average molecular weight is 329 g/mol. The summed E-state index contributed by atoms with van der Waals surface area (Å²) >= 11 is 0. The summed E-state index contributed by atoms with van der Waals surface area (Å²) in [6.07, 6.45) is 5.85. The van der Waals surface area contributed by atoms with Crippen molar-refractivity contribution >= 4 is 5.91 Å². The number of H-pyrrole nitrogens is 1. The van der Waals surface area contributed by atoms with Gasteiger partial charge in [-0.05, 0) is 58.1 Å². The highest BCUT2D eigenvalue weighted by atomic mass is 16.1. The van der Waals surface area contributed by atoms with Crippen molar-refractivity contribution in [2.45, 2.75) is 65.3 Å². The fourth-order valence-electron chi connectivity index (χ4n) is 3.52. The standard InChI is InChI=1S/C18H27N5O/c1-12-10-13(2)23(22-12)14(3)11-19-18(24)9-8-17-15-6-4-5-7-16(15)20-21-17/h10,14H,4-9,11H2,1-3H3,(H,19,24)(H,20,21)/t14-/m1/s1. The van der Waals surface area contributed by atoms with Gasteiger partial charge < -0.3 is 5.32 Å². The summed E-state index contributed by atoms with van der Waals surface area (Å²) in [4.78, 5) is 12.2. The highest BCUT2D eigenvalue weighted by Crippen LogP contribution is 2.22. The number of aromatic nitrogens is 4. The van der Waals surface area contributed by atoms with E-state index in [1.165, 1.54) is 24.1 Å². The third-order valence-electron chi connectivity index (χ3n) is 4.79. The number of aryl methyl sites for hydroxylation is 4. The van der Waals surface area contributed by atoms with Crippen molar-refractivity contribution in [1.82, 2.24) is 25.3 Å². The summed E-state index contributed by atoms with van der Waals surface area (Å²) in [5.74, 6) is 0.0796. The van der Waals surface area contributed by atoms with Crippen LogP contribution in [0.3, 0.4) is 0 Å². The molecule has 1 amide bonds. The molecule has 1 aliphatic rings. The Labute approximate surface area is 143 Å². The van der Waals surface area contributed by atoms with Crippen molar-refractivity contribution in [3.05, 3.63) is 34.4 Å². The summed E-state index contributed by atoms with van der Waals surface area (Å²) in [6, 6.07) is 2.21. The minimum Gasteiger partial charge on any atom is -0.354 e. The predicted molar refractivity (Wildman–Crippen MR) is 93.0 cm³/mol. The Morgan fingerprint density at radius 2 is 2.17 bits per heavy atom. The molecule has 130 valence electrons. The van der Waals surface area contributed by atoms with E-state index in [9.17, 15) is 4.79 Å². The van der Waals surface area contributed by atoms with Crippen LogP contribution in [0.5, 0.6) is 0 Å². The van der Waals surface area contributed by atoms with Gasteiger partial charge in [0.15, 0.2) is 0 Å². The largest absolute Gasteiger partial charge is 0.354 e. The number of fused-ring (bicyclic) bond motifs is 1. The molecule has 3 rings (SSSR count). The summed E-state index contributed by atoms with van der Waals surface area (Å²) in [7, 11) is 0. The zero-order chi connectivity index (χ0) is 17.1. The lowest BCUT2D eigenvalue weighted by Gasteiger charge is -2.15. The van der Waals surface area contributed by atoms with Crippen LogP contribution in [0.2, 0.25) is 0 Å². The molecule has 2 aromatic rings. The fourth-order valence-corrected chi connectivity index (χ4v) is 3.52. The van der Waals surface area contributed by atoms with Crippen LogP contribution in [0.4, 0.5) is 0 Å². The Balaban J connectivity index is 1.48. The second-order valence-electron chi connectivity index (χ2n) is 6.86. The van der Waals surface area contributed by atoms with Crippen molar-refractivity contribution < 1.29 is 4.79 Å². The van der Waals surface area contributed by atoms with Crippen molar-refractivity contribution in [1.29, 1.82) is 0 Å². The molecular weight excluding hydrogens is 302 g/mol. The lowest BCUT2D eigenvalue weighted by Crippen LogP contribution is -2.30. The van der Waals surface area contributed by atoms with Gasteiger partial charge in [-0.25, -0.2) is 0 Å². The number of amides is 1. The Bertz CT molecular complexity index is 715. The summed E-state index contributed by atoms with van der Waals surface area (Å²) in [6.45, 7) is 6.70. The summed E-state index contributed by atoms with van der Waals surface area (Å²) in [5.41, 5.74) is 5.83. The van der Waals surface area contributed by atoms with E-state index in [1.54, 1.807) is 0 Å². The van der Waals surface area contributed by atoms with Gasteiger partial charge in [-0.3, -0.25) is 14.6 Å². The molecule has 2 N–H and O–H groups in total. The van der Waals surface area contributed by atoms with Crippen molar-refractivity contribution in [2.24, 2.45) is 0 Å².